The lowest BCUT2D eigenvalue weighted by Crippen LogP contribution is -2.45. The first-order valence-electron chi connectivity index (χ1n) is 6.38. The summed E-state index contributed by atoms with van der Waals surface area (Å²) in [7, 11) is 1.56. The quantitative estimate of drug-likeness (QED) is 0.798. The number of amides is 2. The summed E-state index contributed by atoms with van der Waals surface area (Å²) in [6.45, 7) is 1.22. The second-order valence-electron chi connectivity index (χ2n) is 4.71. The van der Waals surface area contributed by atoms with Crippen molar-refractivity contribution in [3.05, 3.63) is 29.8 Å². The number of methoxy groups -OCH3 is 1. The number of hydrogen-bond donors (Lipinski definition) is 3. The lowest BCUT2D eigenvalue weighted by atomic mass is 10.2. The number of benzene rings is 1. The third-order valence-electron chi connectivity index (χ3n) is 3.25. The highest BCUT2D eigenvalue weighted by molar-refractivity contribution is 5.89. The van der Waals surface area contributed by atoms with Crippen molar-refractivity contribution in [2.24, 2.45) is 0 Å². The fourth-order valence-corrected chi connectivity index (χ4v) is 2.12. The van der Waals surface area contributed by atoms with Crippen LogP contribution < -0.4 is 16.0 Å². The Hall–Kier alpha value is -1.80. The summed E-state index contributed by atoms with van der Waals surface area (Å²) in [5.41, 5.74) is -0.465. The molecule has 1 unspecified atom stereocenters. The van der Waals surface area contributed by atoms with E-state index in [2.05, 4.69) is 16.0 Å². The van der Waals surface area contributed by atoms with Crippen molar-refractivity contribution in [2.45, 2.75) is 18.3 Å². The summed E-state index contributed by atoms with van der Waals surface area (Å²) >= 11 is 0. The van der Waals surface area contributed by atoms with E-state index >= 15 is 0 Å². The molecule has 1 aromatic rings. The molecule has 2 rings (SSSR count). The normalized spacial score (nSPS) is 22.1. The maximum atomic E-state index is 12.4. The molecule has 8 heteroatoms. The first-order chi connectivity index (χ1) is 9.90. The zero-order chi connectivity index (χ0) is 15.5. The highest BCUT2D eigenvalue weighted by atomic mass is 19.4. The van der Waals surface area contributed by atoms with E-state index in [4.69, 9.17) is 4.74 Å². The average molecular weight is 303 g/mol. The van der Waals surface area contributed by atoms with Gasteiger partial charge in [0.1, 0.15) is 0 Å². The Morgan fingerprint density at radius 2 is 1.95 bits per heavy atom. The molecule has 0 spiro atoms. The van der Waals surface area contributed by atoms with Crippen LogP contribution in [-0.2, 0) is 10.9 Å². The Morgan fingerprint density at radius 3 is 2.52 bits per heavy atom. The van der Waals surface area contributed by atoms with Crippen LogP contribution in [0.4, 0.5) is 23.7 Å². The zero-order valence-electron chi connectivity index (χ0n) is 11.3. The van der Waals surface area contributed by atoms with Gasteiger partial charge in [-0.1, -0.05) is 0 Å². The largest absolute Gasteiger partial charge is 0.416 e. The van der Waals surface area contributed by atoms with Gasteiger partial charge in [-0.25, -0.2) is 4.79 Å². The van der Waals surface area contributed by atoms with E-state index < -0.39 is 17.8 Å². The SMILES string of the molecule is CO[C@H]1CNCC1NC(=O)Nc1ccc(C(F)(F)F)cc1. The minimum atomic E-state index is -4.39. The van der Waals surface area contributed by atoms with Crippen molar-refractivity contribution in [3.8, 4) is 0 Å². The highest BCUT2D eigenvalue weighted by Gasteiger charge is 2.30. The summed E-state index contributed by atoms with van der Waals surface area (Å²) < 4.78 is 42.4. The maximum absolute atomic E-state index is 12.4. The van der Waals surface area contributed by atoms with E-state index in [0.717, 1.165) is 12.1 Å². The van der Waals surface area contributed by atoms with E-state index in [1.54, 1.807) is 7.11 Å². The first kappa shape index (κ1) is 15.6. The van der Waals surface area contributed by atoms with Crippen LogP contribution >= 0.6 is 0 Å². The van der Waals surface area contributed by atoms with Crippen LogP contribution in [0.5, 0.6) is 0 Å². The zero-order valence-corrected chi connectivity index (χ0v) is 11.3. The van der Waals surface area contributed by atoms with Gasteiger partial charge in [-0.15, -0.1) is 0 Å². The van der Waals surface area contributed by atoms with Crippen LogP contribution in [0.25, 0.3) is 0 Å². The number of rotatable bonds is 3. The lowest BCUT2D eigenvalue weighted by Gasteiger charge is -2.19. The molecule has 5 nitrogen and oxygen atoms in total. The molecule has 1 aromatic carbocycles. The van der Waals surface area contributed by atoms with Crippen LogP contribution in [-0.4, -0.2) is 38.4 Å². The molecule has 1 heterocycles. The van der Waals surface area contributed by atoms with Gasteiger partial charge in [-0.05, 0) is 24.3 Å². The minimum Gasteiger partial charge on any atom is -0.378 e. The fraction of sp³-hybridized carbons (Fsp3) is 0.462. The number of urea groups is 1. The number of ether oxygens (including phenoxy) is 1. The number of halogens is 3. The Balaban J connectivity index is 1.91. The van der Waals surface area contributed by atoms with Gasteiger partial charge in [0.05, 0.1) is 17.7 Å². The Kier molecular flexibility index (Phi) is 4.69. The summed E-state index contributed by atoms with van der Waals surface area (Å²) in [5, 5.41) is 8.28. The predicted molar refractivity (Wildman–Crippen MR) is 71.1 cm³/mol. The number of carbonyl (C=O) groups excluding carboxylic acids is 1. The molecule has 0 aromatic heterocycles. The Labute approximate surface area is 119 Å². The van der Waals surface area contributed by atoms with Crippen molar-refractivity contribution in [2.75, 3.05) is 25.5 Å². The fourth-order valence-electron chi connectivity index (χ4n) is 2.12. The van der Waals surface area contributed by atoms with Crippen molar-refractivity contribution in [3.63, 3.8) is 0 Å². The molecule has 1 aliphatic rings. The predicted octanol–water partition coefficient (Wildman–Crippen LogP) is 1.81. The Morgan fingerprint density at radius 1 is 1.29 bits per heavy atom. The van der Waals surface area contributed by atoms with Gasteiger partial charge in [0.25, 0.3) is 0 Å². The summed E-state index contributed by atoms with van der Waals surface area (Å²) in [6, 6.07) is 3.61. The molecule has 0 aliphatic carbocycles. The smallest absolute Gasteiger partial charge is 0.378 e. The van der Waals surface area contributed by atoms with Crippen LogP contribution in [0.15, 0.2) is 24.3 Å². The molecule has 21 heavy (non-hydrogen) atoms. The van der Waals surface area contributed by atoms with Crippen LogP contribution in [0.3, 0.4) is 0 Å². The van der Waals surface area contributed by atoms with E-state index in [0.29, 0.717) is 18.8 Å². The average Bonchev–Trinajstić information content (AvgIpc) is 2.85. The van der Waals surface area contributed by atoms with Gasteiger partial charge < -0.3 is 20.7 Å². The highest BCUT2D eigenvalue weighted by Crippen LogP contribution is 2.29. The minimum absolute atomic E-state index is 0.122. The number of anilines is 1. The molecular formula is C13H16F3N3O2. The summed E-state index contributed by atoms with van der Waals surface area (Å²) in [6.07, 6.45) is -4.51. The van der Waals surface area contributed by atoms with Gasteiger partial charge in [0.15, 0.2) is 0 Å². The molecule has 0 bridgehead atoms. The van der Waals surface area contributed by atoms with Crippen LogP contribution in [0.2, 0.25) is 0 Å². The molecular weight excluding hydrogens is 287 g/mol. The Bertz CT molecular complexity index is 490. The standard InChI is InChI=1S/C13H16F3N3O2/c1-21-11-7-17-6-10(11)19-12(20)18-9-4-2-8(3-5-9)13(14,15)16/h2-5,10-11,17H,6-7H2,1H3,(H2,18,19,20)/t10?,11-/m0/s1. The second kappa shape index (κ2) is 6.31. The molecule has 2 atom stereocenters. The van der Waals surface area contributed by atoms with Crippen molar-refractivity contribution >= 4 is 11.7 Å². The van der Waals surface area contributed by atoms with Crippen LogP contribution in [0, 0.1) is 0 Å². The third-order valence-corrected chi connectivity index (χ3v) is 3.25. The van der Waals surface area contributed by atoms with Gasteiger partial charge in [-0.3, -0.25) is 0 Å². The molecule has 1 aliphatic heterocycles. The van der Waals surface area contributed by atoms with Crippen LogP contribution in [0.1, 0.15) is 5.56 Å². The second-order valence-corrected chi connectivity index (χ2v) is 4.71. The summed E-state index contributed by atoms with van der Waals surface area (Å²) in [5.74, 6) is 0. The van der Waals surface area contributed by atoms with Crippen molar-refractivity contribution < 1.29 is 22.7 Å². The number of carbonyl (C=O) groups is 1. The van der Waals surface area contributed by atoms with Gasteiger partial charge >= 0.3 is 12.2 Å². The molecule has 3 N–H and O–H groups in total. The molecule has 116 valence electrons. The molecule has 0 radical (unpaired) electrons. The topological polar surface area (TPSA) is 62.4 Å². The lowest BCUT2D eigenvalue weighted by molar-refractivity contribution is -0.137. The van der Waals surface area contributed by atoms with E-state index in [9.17, 15) is 18.0 Å². The van der Waals surface area contributed by atoms with Gasteiger partial charge in [-0.2, -0.15) is 13.2 Å². The van der Waals surface area contributed by atoms with E-state index in [1.165, 1.54) is 12.1 Å². The van der Waals surface area contributed by atoms with E-state index in [1.807, 2.05) is 0 Å². The molecule has 1 fully saturated rings. The first-order valence-corrected chi connectivity index (χ1v) is 6.38. The number of nitrogens with one attached hydrogen (secondary N) is 3. The maximum Gasteiger partial charge on any atom is 0.416 e. The molecule has 2 amide bonds. The van der Waals surface area contributed by atoms with Gasteiger partial charge in [0.2, 0.25) is 0 Å². The van der Waals surface area contributed by atoms with E-state index in [-0.39, 0.29) is 12.1 Å². The molecule has 1 saturated heterocycles. The number of alkyl halides is 3. The number of hydrogen-bond acceptors (Lipinski definition) is 3. The van der Waals surface area contributed by atoms with Crippen molar-refractivity contribution in [1.29, 1.82) is 0 Å². The summed E-state index contributed by atoms with van der Waals surface area (Å²) in [4.78, 5) is 11.8. The third kappa shape index (κ3) is 4.08. The molecule has 0 saturated carbocycles. The monoisotopic (exact) mass is 303 g/mol. The van der Waals surface area contributed by atoms with Gasteiger partial charge in [0, 0.05) is 25.9 Å². The van der Waals surface area contributed by atoms with Crippen molar-refractivity contribution in [1.82, 2.24) is 10.6 Å².